The van der Waals surface area contributed by atoms with Crippen LogP contribution in [0, 0.1) is 0 Å². The number of aldehydes is 1. The molecule has 0 unspecified atom stereocenters. The molecule has 0 rings (SSSR count). The lowest BCUT2D eigenvalue weighted by atomic mass is 10.1. The van der Waals surface area contributed by atoms with E-state index in [-0.39, 0.29) is 6.42 Å². The molecular weight excluding hydrogens is 176 g/mol. The number of carbonyl (C=O) groups excluding carboxylic acids is 2. The van der Waals surface area contributed by atoms with E-state index in [1.54, 1.807) is 0 Å². The molecule has 0 aliphatic heterocycles. The third-order valence-electron chi connectivity index (χ3n) is 1.52. The third-order valence-corrected chi connectivity index (χ3v) is 1.52. The smallest absolute Gasteiger partial charge is 0.303 e. The summed E-state index contributed by atoms with van der Waals surface area (Å²) in [4.78, 5) is 20.7. The Morgan fingerprint density at radius 1 is 1.54 bits per heavy atom. The molecule has 0 aromatic rings. The molecule has 0 bridgehead atoms. The lowest BCUT2D eigenvalue weighted by Crippen LogP contribution is -2.38. The highest BCUT2D eigenvalue weighted by atomic mass is 16.6. The summed E-state index contributed by atoms with van der Waals surface area (Å²) in [6.07, 6.45) is -2.82. The molecule has 0 aliphatic rings. The van der Waals surface area contributed by atoms with E-state index in [0.29, 0.717) is 6.29 Å². The molecule has 0 aromatic heterocycles. The van der Waals surface area contributed by atoms with Gasteiger partial charge in [-0.2, -0.15) is 0 Å². The summed E-state index contributed by atoms with van der Waals surface area (Å²) in [5, 5.41) is 18.3. The lowest BCUT2D eigenvalue weighted by molar-refractivity contribution is -0.157. The predicted molar refractivity (Wildman–Crippen MR) is 43.9 cm³/mol. The molecule has 5 heteroatoms. The first-order valence-corrected chi connectivity index (χ1v) is 3.96. The molecule has 0 radical (unpaired) electrons. The number of carbonyl (C=O) groups is 2. The van der Waals surface area contributed by atoms with E-state index in [0.717, 1.165) is 0 Å². The largest absolute Gasteiger partial charge is 0.459 e. The van der Waals surface area contributed by atoms with Gasteiger partial charge in [0.15, 0.2) is 0 Å². The van der Waals surface area contributed by atoms with Gasteiger partial charge in [-0.05, 0) is 6.92 Å². The number of esters is 1. The second kappa shape index (κ2) is 5.66. The summed E-state index contributed by atoms with van der Waals surface area (Å²) >= 11 is 0. The van der Waals surface area contributed by atoms with Crippen molar-refractivity contribution in [2.75, 3.05) is 0 Å². The van der Waals surface area contributed by atoms with Crippen LogP contribution in [0.15, 0.2) is 0 Å². The molecule has 2 N–H and O–H groups in total. The molecule has 5 nitrogen and oxygen atoms in total. The molecule has 13 heavy (non-hydrogen) atoms. The molecule has 0 amide bonds. The van der Waals surface area contributed by atoms with Crippen LogP contribution in [0.5, 0.6) is 0 Å². The SMILES string of the molecule is CC(=O)O[C@H](CC=O)[C@@H](O)[C@@H](C)O. The zero-order chi connectivity index (χ0) is 10.4. The third kappa shape index (κ3) is 4.59. The van der Waals surface area contributed by atoms with Gasteiger partial charge >= 0.3 is 5.97 Å². The number of hydrogen-bond acceptors (Lipinski definition) is 5. The summed E-state index contributed by atoms with van der Waals surface area (Å²) in [5.41, 5.74) is 0. The fourth-order valence-electron chi connectivity index (χ4n) is 0.876. The van der Waals surface area contributed by atoms with Crippen molar-refractivity contribution in [3.63, 3.8) is 0 Å². The lowest BCUT2D eigenvalue weighted by Gasteiger charge is -2.22. The van der Waals surface area contributed by atoms with Crippen LogP contribution in [-0.2, 0) is 14.3 Å². The Kier molecular flexibility index (Phi) is 5.25. The zero-order valence-corrected chi connectivity index (χ0v) is 7.64. The minimum atomic E-state index is -1.23. The van der Waals surface area contributed by atoms with Crippen molar-refractivity contribution in [1.82, 2.24) is 0 Å². The van der Waals surface area contributed by atoms with Crippen LogP contribution < -0.4 is 0 Å². The van der Waals surface area contributed by atoms with Crippen molar-refractivity contribution in [1.29, 1.82) is 0 Å². The first-order valence-electron chi connectivity index (χ1n) is 3.96. The Hall–Kier alpha value is -0.940. The second-order valence-corrected chi connectivity index (χ2v) is 2.78. The average Bonchev–Trinajstić information content (AvgIpc) is 2.01. The van der Waals surface area contributed by atoms with Crippen LogP contribution in [0.3, 0.4) is 0 Å². The fraction of sp³-hybridized carbons (Fsp3) is 0.750. The predicted octanol–water partition coefficient (Wildman–Crippen LogP) is -0.751. The van der Waals surface area contributed by atoms with Gasteiger partial charge in [-0.25, -0.2) is 0 Å². The zero-order valence-electron chi connectivity index (χ0n) is 7.64. The number of hydrogen-bond donors (Lipinski definition) is 2. The minimum absolute atomic E-state index is 0.119. The highest BCUT2D eigenvalue weighted by molar-refractivity contribution is 5.66. The van der Waals surface area contributed by atoms with E-state index in [1.165, 1.54) is 13.8 Å². The van der Waals surface area contributed by atoms with Crippen LogP contribution in [0.1, 0.15) is 20.3 Å². The summed E-state index contributed by atoms with van der Waals surface area (Å²) < 4.78 is 4.63. The topological polar surface area (TPSA) is 83.8 Å². The van der Waals surface area contributed by atoms with Gasteiger partial charge in [0.25, 0.3) is 0 Å². The molecule has 0 aliphatic carbocycles. The molecule has 76 valence electrons. The standard InChI is InChI=1S/C8H14O5/c1-5(10)8(12)7(3-4-9)13-6(2)11/h4-5,7-8,10,12H,3H2,1-2H3/t5-,7-,8+/m1/s1. The Labute approximate surface area is 76.3 Å². The Morgan fingerprint density at radius 3 is 2.38 bits per heavy atom. The highest BCUT2D eigenvalue weighted by Crippen LogP contribution is 2.07. The highest BCUT2D eigenvalue weighted by Gasteiger charge is 2.25. The van der Waals surface area contributed by atoms with Gasteiger partial charge in [0.1, 0.15) is 18.5 Å². The van der Waals surface area contributed by atoms with Crippen LogP contribution in [0.4, 0.5) is 0 Å². The van der Waals surface area contributed by atoms with E-state index < -0.39 is 24.3 Å². The summed E-state index contributed by atoms with van der Waals surface area (Å²) in [6, 6.07) is 0. The van der Waals surface area contributed by atoms with Crippen LogP contribution in [0.25, 0.3) is 0 Å². The monoisotopic (exact) mass is 190 g/mol. The van der Waals surface area contributed by atoms with E-state index in [9.17, 15) is 14.7 Å². The number of aliphatic hydroxyl groups excluding tert-OH is 2. The van der Waals surface area contributed by atoms with Gasteiger partial charge in [-0.3, -0.25) is 4.79 Å². The number of aliphatic hydroxyl groups is 2. The van der Waals surface area contributed by atoms with Gasteiger partial charge in [0.05, 0.1) is 6.10 Å². The van der Waals surface area contributed by atoms with Crippen molar-refractivity contribution < 1.29 is 24.5 Å². The van der Waals surface area contributed by atoms with Crippen LogP contribution in [-0.4, -0.2) is 40.8 Å². The van der Waals surface area contributed by atoms with E-state index in [2.05, 4.69) is 4.74 Å². The summed E-state index contributed by atoms with van der Waals surface area (Å²) in [7, 11) is 0. The fourth-order valence-corrected chi connectivity index (χ4v) is 0.876. The maximum Gasteiger partial charge on any atom is 0.303 e. The molecule has 0 saturated heterocycles. The first-order chi connectivity index (χ1) is 5.99. The van der Waals surface area contributed by atoms with Gasteiger partial charge in [0, 0.05) is 13.3 Å². The minimum Gasteiger partial charge on any atom is -0.459 e. The van der Waals surface area contributed by atoms with Gasteiger partial charge in [-0.15, -0.1) is 0 Å². The molecule has 0 aromatic carbocycles. The molecule has 0 spiro atoms. The van der Waals surface area contributed by atoms with E-state index >= 15 is 0 Å². The molecule has 0 fully saturated rings. The molecule has 0 heterocycles. The number of rotatable bonds is 5. The van der Waals surface area contributed by atoms with E-state index in [4.69, 9.17) is 5.11 Å². The molecule has 0 saturated carbocycles. The summed E-state index contributed by atoms with van der Waals surface area (Å²) in [5.74, 6) is -0.591. The van der Waals surface area contributed by atoms with E-state index in [1.807, 2.05) is 0 Å². The van der Waals surface area contributed by atoms with Gasteiger partial charge in [-0.1, -0.05) is 0 Å². The summed E-state index contributed by atoms with van der Waals surface area (Å²) in [6.45, 7) is 2.53. The maximum atomic E-state index is 10.5. The Balaban J connectivity index is 4.21. The first kappa shape index (κ1) is 12.1. The quantitative estimate of drug-likeness (QED) is 0.440. The average molecular weight is 190 g/mol. The number of ether oxygens (including phenoxy) is 1. The van der Waals surface area contributed by atoms with Crippen molar-refractivity contribution in [2.45, 2.75) is 38.6 Å². The van der Waals surface area contributed by atoms with Crippen LogP contribution >= 0.6 is 0 Å². The van der Waals surface area contributed by atoms with Crippen LogP contribution in [0.2, 0.25) is 0 Å². The molecular formula is C8H14O5. The Bertz CT molecular complexity index is 177. The van der Waals surface area contributed by atoms with Crippen molar-refractivity contribution in [3.8, 4) is 0 Å². The second-order valence-electron chi connectivity index (χ2n) is 2.78. The maximum absolute atomic E-state index is 10.5. The van der Waals surface area contributed by atoms with Crippen molar-refractivity contribution in [3.05, 3.63) is 0 Å². The van der Waals surface area contributed by atoms with Crippen molar-refractivity contribution in [2.24, 2.45) is 0 Å². The van der Waals surface area contributed by atoms with Gasteiger partial charge < -0.3 is 19.7 Å². The van der Waals surface area contributed by atoms with Crippen molar-refractivity contribution >= 4 is 12.3 Å². The molecule has 3 atom stereocenters. The normalized spacial score (nSPS) is 17.2. The van der Waals surface area contributed by atoms with Gasteiger partial charge in [0.2, 0.25) is 0 Å². The Morgan fingerprint density at radius 2 is 2.08 bits per heavy atom.